The second-order valence-corrected chi connectivity index (χ2v) is 1.96. The zero-order valence-corrected chi connectivity index (χ0v) is 4.83. The van der Waals surface area contributed by atoms with Gasteiger partial charge in [0.2, 0.25) is 0 Å². The first-order chi connectivity index (χ1) is 3.84. The SMILES string of the molecule is CN1COC[C@H]1C=O. The molecule has 1 saturated heterocycles. The molecule has 1 fully saturated rings. The molecular weight excluding hydrogens is 106 g/mol. The van der Waals surface area contributed by atoms with Gasteiger partial charge in [-0.25, -0.2) is 0 Å². The number of carbonyl (C=O) groups is 1. The van der Waals surface area contributed by atoms with Crippen molar-refractivity contribution < 1.29 is 9.53 Å². The Bertz CT molecular complexity index is 94.4. The molecule has 3 nitrogen and oxygen atoms in total. The lowest BCUT2D eigenvalue weighted by molar-refractivity contribution is -0.110. The minimum absolute atomic E-state index is 0.00463. The summed E-state index contributed by atoms with van der Waals surface area (Å²) in [7, 11) is 1.87. The first kappa shape index (κ1) is 5.72. The van der Waals surface area contributed by atoms with Crippen molar-refractivity contribution in [2.24, 2.45) is 0 Å². The average Bonchev–Trinajstić information content (AvgIpc) is 2.14. The van der Waals surface area contributed by atoms with Crippen LogP contribution in [0.3, 0.4) is 0 Å². The maximum Gasteiger partial charge on any atom is 0.139 e. The molecule has 0 saturated carbocycles. The lowest BCUT2D eigenvalue weighted by atomic mass is 10.3. The van der Waals surface area contributed by atoms with Crippen LogP contribution >= 0.6 is 0 Å². The summed E-state index contributed by atoms with van der Waals surface area (Å²) in [6, 6.07) is -0.00463. The average molecular weight is 115 g/mol. The number of hydrogen-bond acceptors (Lipinski definition) is 3. The molecule has 1 atom stereocenters. The van der Waals surface area contributed by atoms with Gasteiger partial charge in [0.15, 0.2) is 0 Å². The van der Waals surface area contributed by atoms with Crippen LogP contribution in [0.5, 0.6) is 0 Å². The maximum atomic E-state index is 10.1. The van der Waals surface area contributed by atoms with Gasteiger partial charge in [-0.3, -0.25) is 4.90 Å². The molecule has 8 heavy (non-hydrogen) atoms. The van der Waals surface area contributed by atoms with E-state index in [0.717, 1.165) is 6.29 Å². The van der Waals surface area contributed by atoms with Crippen LogP contribution in [-0.4, -0.2) is 37.6 Å². The van der Waals surface area contributed by atoms with Crippen molar-refractivity contribution >= 4 is 6.29 Å². The first-order valence-corrected chi connectivity index (χ1v) is 2.58. The van der Waals surface area contributed by atoms with E-state index in [1.165, 1.54) is 0 Å². The Hall–Kier alpha value is -0.410. The summed E-state index contributed by atoms with van der Waals surface area (Å²) >= 11 is 0. The van der Waals surface area contributed by atoms with E-state index in [9.17, 15) is 4.79 Å². The van der Waals surface area contributed by atoms with Crippen molar-refractivity contribution in [3.63, 3.8) is 0 Å². The van der Waals surface area contributed by atoms with Gasteiger partial charge in [-0.2, -0.15) is 0 Å². The van der Waals surface area contributed by atoms with E-state index in [4.69, 9.17) is 4.74 Å². The molecule has 0 aromatic carbocycles. The number of rotatable bonds is 1. The summed E-state index contributed by atoms with van der Waals surface area (Å²) in [5, 5.41) is 0. The maximum absolute atomic E-state index is 10.1. The predicted octanol–water partition coefficient (Wildman–Crippen LogP) is -0.527. The molecule has 0 bridgehead atoms. The van der Waals surface area contributed by atoms with Gasteiger partial charge >= 0.3 is 0 Å². The fourth-order valence-electron chi connectivity index (χ4n) is 0.684. The Morgan fingerprint density at radius 1 is 1.88 bits per heavy atom. The molecule has 0 radical (unpaired) electrons. The molecule has 0 aromatic rings. The van der Waals surface area contributed by atoms with Gasteiger partial charge in [0.1, 0.15) is 6.29 Å². The fraction of sp³-hybridized carbons (Fsp3) is 0.800. The molecule has 1 aliphatic heterocycles. The standard InChI is InChI=1S/C5H9NO2/c1-6-4-8-3-5(6)2-7/h2,5H,3-4H2,1H3/t5-/m1/s1. The second kappa shape index (κ2) is 2.24. The van der Waals surface area contributed by atoms with E-state index < -0.39 is 0 Å². The molecule has 1 rings (SSSR count). The number of ether oxygens (including phenoxy) is 1. The Balaban J connectivity index is 2.41. The minimum atomic E-state index is -0.00463. The van der Waals surface area contributed by atoms with Crippen molar-refractivity contribution in [1.29, 1.82) is 0 Å². The summed E-state index contributed by atoms with van der Waals surface area (Å²) in [4.78, 5) is 12.0. The van der Waals surface area contributed by atoms with Crippen molar-refractivity contribution in [3.8, 4) is 0 Å². The molecule has 46 valence electrons. The highest BCUT2D eigenvalue weighted by atomic mass is 16.5. The van der Waals surface area contributed by atoms with Crippen LogP contribution in [-0.2, 0) is 9.53 Å². The lowest BCUT2D eigenvalue weighted by Gasteiger charge is -2.07. The van der Waals surface area contributed by atoms with Crippen LogP contribution in [0.15, 0.2) is 0 Å². The normalized spacial score (nSPS) is 30.9. The third-order valence-corrected chi connectivity index (χ3v) is 1.31. The molecular formula is C5H9NO2. The zero-order valence-electron chi connectivity index (χ0n) is 4.83. The molecule has 0 aliphatic carbocycles. The predicted molar refractivity (Wildman–Crippen MR) is 28.4 cm³/mol. The Morgan fingerprint density at radius 2 is 2.62 bits per heavy atom. The van der Waals surface area contributed by atoms with Gasteiger partial charge < -0.3 is 9.53 Å². The van der Waals surface area contributed by atoms with E-state index in [1.807, 2.05) is 11.9 Å². The third-order valence-electron chi connectivity index (χ3n) is 1.31. The number of aldehydes is 1. The third kappa shape index (κ3) is 0.877. The van der Waals surface area contributed by atoms with Gasteiger partial charge in [0, 0.05) is 0 Å². The lowest BCUT2D eigenvalue weighted by Crippen LogP contribution is -2.27. The highest BCUT2D eigenvalue weighted by molar-refractivity contribution is 5.57. The molecule has 0 amide bonds. The van der Waals surface area contributed by atoms with Gasteiger partial charge in [-0.05, 0) is 7.05 Å². The summed E-state index contributed by atoms with van der Waals surface area (Å²) < 4.78 is 4.95. The molecule has 1 heterocycles. The van der Waals surface area contributed by atoms with Crippen LogP contribution in [0.25, 0.3) is 0 Å². The Kier molecular flexibility index (Phi) is 1.60. The van der Waals surface area contributed by atoms with E-state index in [1.54, 1.807) is 0 Å². The Morgan fingerprint density at radius 3 is 2.88 bits per heavy atom. The van der Waals surface area contributed by atoms with E-state index >= 15 is 0 Å². The molecule has 0 aromatic heterocycles. The quantitative estimate of drug-likeness (QED) is 0.430. The van der Waals surface area contributed by atoms with Crippen LogP contribution in [0, 0.1) is 0 Å². The van der Waals surface area contributed by atoms with Crippen molar-refractivity contribution in [3.05, 3.63) is 0 Å². The van der Waals surface area contributed by atoms with Crippen LogP contribution in [0.1, 0.15) is 0 Å². The van der Waals surface area contributed by atoms with Crippen molar-refractivity contribution in [1.82, 2.24) is 4.90 Å². The summed E-state index contributed by atoms with van der Waals surface area (Å²) in [5.41, 5.74) is 0. The smallest absolute Gasteiger partial charge is 0.139 e. The molecule has 1 aliphatic rings. The van der Waals surface area contributed by atoms with E-state index in [0.29, 0.717) is 13.3 Å². The van der Waals surface area contributed by atoms with Crippen molar-refractivity contribution in [2.45, 2.75) is 6.04 Å². The molecule has 3 heteroatoms. The second-order valence-electron chi connectivity index (χ2n) is 1.96. The first-order valence-electron chi connectivity index (χ1n) is 2.58. The van der Waals surface area contributed by atoms with Gasteiger partial charge in [-0.1, -0.05) is 0 Å². The summed E-state index contributed by atoms with van der Waals surface area (Å²) in [6.45, 7) is 1.14. The summed E-state index contributed by atoms with van der Waals surface area (Å²) in [5.74, 6) is 0. The van der Waals surface area contributed by atoms with E-state index in [-0.39, 0.29) is 6.04 Å². The van der Waals surface area contributed by atoms with Gasteiger partial charge in [-0.15, -0.1) is 0 Å². The topological polar surface area (TPSA) is 29.5 Å². The van der Waals surface area contributed by atoms with Gasteiger partial charge in [0.25, 0.3) is 0 Å². The number of nitrogens with zero attached hydrogens (tertiary/aromatic N) is 1. The summed E-state index contributed by atoms with van der Waals surface area (Å²) in [6.07, 6.45) is 0.910. The molecule has 0 unspecified atom stereocenters. The number of likely N-dealkylation sites (N-methyl/N-ethyl adjacent to an activating group) is 1. The van der Waals surface area contributed by atoms with Gasteiger partial charge in [0.05, 0.1) is 19.4 Å². The molecule has 0 N–H and O–H groups in total. The highest BCUT2D eigenvalue weighted by Crippen LogP contribution is 2.01. The van der Waals surface area contributed by atoms with Crippen LogP contribution < -0.4 is 0 Å². The highest BCUT2D eigenvalue weighted by Gasteiger charge is 2.19. The van der Waals surface area contributed by atoms with Crippen molar-refractivity contribution in [2.75, 3.05) is 20.4 Å². The monoisotopic (exact) mass is 115 g/mol. The number of carbonyl (C=O) groups excluding carboxylic acids is 1. The number of hydrogen-bond donors (Lipinski definition) is 0. The van der Waals surface area contributed by atoms with E-state index in [2.05, 4.69) is 0 Å². The fourth-order valence-corrected chi connectivity index (χ4v) is 0.684. The minimum Gasteiger partial charge on any atom is -0.364 e. The van der Waals surface area contributed by atoms with Crippen LogP contribution in [0.4, 0.5) is 0 Å². The van der Waals surface area contributed by atoms with Crippen LogP contribution in [0.2, 0.25) is 0 Å². The largest absolute Gasteiger partial charge is 0.364 e. The zero-order chi connectivity index (χ0) is 5.98. The Labute approximate surface area is 48.2 Å². The molecule has 0 spiro atoms.